The van der Waals surface area contributed by atoms with Gasteiger partial charge in [-0.15, -0.1) is 0 Å². The molecule has 1 aromatic carbocycles. The number of amides is 1. The smallest absolute Gasteiger partial charge is 0.259 e. The fourth-order valence-corrected chi connectivity index (χ4v) is 2.20. The fourth-order valence-electron chi connectivity index (χ4n) is 2.20. The second-order valence-corrected chi connectivity index (χ2v) is 4.83. The molecule has 2 heterocycles. The van der Waals surface area contributed by atoms with Crippen LogP contribution in [0.25, 0.3) is 11.3 Å². The van der Waals surface area contributed by atoms with Crippen molar-refractivity contribution in [3.63, 3.8) is 0 Å². The predicted molar refractivity (Wildman–Crippen MR) is 80.2 cm³/mol. The van der Waals surface area contributed by atoms with E-state index in [-0.39, 0.29) is 5.91 Å². The average Bonchev–Trinajstić information content (AvgIpc) is 3.09. The van der Waals surface area contributed by atoms with Crippen LogP contribution in [0.3, 0.4) is 0 Å². The Morgan fingerprint density at radius 3 is 2.52 bits per heavy atom. The van der Waals surface area contributed by atoms with Crippen LogP contribution in [0.2, 0.25) is 0 Å². The summed E-state index contributed by atoms with van der Waals surface area (Å²) in [4.78, 5) is 12.2. The van der Waals surface area contributed by atoms with E-state index >= 15 is 0 Å². The minimum atomic E-state index is -0.168. The van der Waals surface area contributed by atoms with Crippen LogP contribution < -0.4 is 5.32 Å². The summed E-state index contributed by atoms with van der Waals surface area (Å²) < 4.78 is 5.37. The highest BCUT2D eigenvalue weighted by Gasteiger charge is 2.13. The van der Waals surface area contributed by atoms with Crippen LogP contribution in [0, 0.1) is 13.8 Å². The molecule has 3 aromatic rings. The van der Waals surface area contributed by atoms with E-state index < -0.39 is 0 Å². The third kappa shape index (κ3) is 2.72. The molecule has 5 heteroatoms. The molecule has 0 spiro atoms. The molecule has 0 bridgehead atoms. The number of rotatable bonds is 3. The first-order valence-electron chi connectivity index (χ1n) is 6.61. The molecule has 0 aliphatic heterocycles. The maximum absolute atomic E-state index is 12.2. The van der Waals surface area contributed by atoms with E-state index in [0.717, 1.165) is 22.7 Å². The van der Waals surface area contributed by atoms with Crippen LogP contribution in [0.1, 0.15) is 21.9 Å². The Morgan fingerprint density at radius 1 is 1.19 bits per heavy atom. The summed E-state index contributed by atoms with van der Waals surface area (Å²) in [6.45, 7) is 3.60. The lowest BCUT2D eigenvalue weighted by molar-refractivity contribution is 0.102. The van der Waals surface area contributed by atoms with Crippen molar-refractivity contribution in [1.82, 2.24) is 10.2 Å². The van der Waals surface area contributed by atoms with E-state index in [2.05, 4.69) is 15.5 Å². The first kappa shape index (κ1) is 13.2. The summed E-state index contributed by atoms with van der Waals surface area (Å²) in [6.07, 6.45) is 1.70. The van der Waals surface area contributed by atoms with Crippen LogP contribution in [0.5, 0.6) is 0 Å². The van der Waals surface area contributed by atoms with Gasteiger partial charge in [-0.05, 0) is 43.7 Å². The Kier molecular flexibility index (Phi) is 3.31. The predicted octanol–water partition coefficient (Wildman–Crippen LogP) is 3.54. The van der Waals surface area contributed by atoms with Crippen LogP contribution in [0.15, 0.2) is 47.0 Å². The molecule has 5 nitrogen and oxygen atoms in total. The highest BCUT2D eigenvalue weighted by atomic mass is 16.3. The zero-order valence-corrected chi connectivity index (χ0v) is 11.8. The maximum Gasteiger partial charge on any atom is 0.259 e. The molecular weight excluding hydrogens is 266 g/mol. The van der Waals surface area contributed by atoms with Crippen molar-refractivity contribution in [2.75, 3.05) is 5.32 Å². The topological polar surface area (TPSA) is 70.9 Å². The van der Waals surface area contributed by atoms with E-state index in [1.54, 1.807) is 19.2 Å². The molecule has 2 N–H and O–H groups in total. The van der Waals surface area contributed by atoms with Gasteiger partial charge in [-0.2, -0.15) is 5.10 Å². The molecule has 0 saturated carbocycles. The number of hydrogen-bond acceptors (Lipinski definition) is 3. The number of hydrogen-bond donors (Lipinski definition) is 2. The standard InChI is InChI=1S/C16H15N3O2/c1-10-9-14(11(2)21-10)16(20)18-13-5-3-12(4-6-13)15-7-8-17-19-15/h3-9H,1-2H3,(H,17,19)(H,18,20). The van der Waals surface area contributed by atoms with Gasteiger partial charge < -0.3 is 9.73 Å². The van der Waals surface area contributed by atoms with E-state index in [1.165, 1.54) is 0 Å². The number of furan rings is 1. The summed E-state index contributed by atoms with van der Waals surface area (Å²) in [5.41, 5.74) is 3.25. The molecule has 0 radical (unpaired) electrons. The highest BCUT2D eigenvalue weighted by molar-refractivity contribution is 6.05. The maximum atomic E-state index is 12.2. The van der Waals surface area contributed by atoms with Crippen molar-refractivity contribution >= 4 is 11.6 Å². The average molecular weight is 281 g/mol. The number of H-pyrrole nitrogens is 1. The monoisotopic (exact) mass is 281 g/mol. The second kappa shape index (κ2) is 5.28. The van der Waals surface area contributed by atoms with Crippen molar-refractivity contribution in [1.29, 1.82) is 0 Å². The van der Waals surface area contributed by atoms with Gasteiger partial charge in [-0.3, -0.25) is 9.89 Å². The molecule has 3 rings (SSSR count). The van der Waals surface area contributed by atoms with Gasteiger partial charge in [-0.1, -0.05) is 12.1 Å². The van der Waals surface area contributed by atoms with Gasteiger partial charge in [0.15, 0.2) is 0 Å². The molecule has 0 unspecified atom stereocenters. The van der Waals surface area contributed by atoms with Crippen LogP contribution in [-0.4, -0.2) is 16.1 Å². The lowest BCUT2D eigenvalue weighted by Gasteiger charge is -2.05. The summed E-state index contributed by atoms with van der Waals surface area (Å²) in [5.74, 6) is 1.19. The third-order valence-corrected chi connectivity index (χ3v) is 3.24. The zero-order valence-electron chi connectivity index (χ0n) is 11.8. The second-order valence-electron chi connectivity index (χ2n) is 4.83. The number of benzene rings is 1. The number of carbonyl (C=O) groups is 1. The van der Waals surface area contributed by atoms with Crippen molar-refractivity contribution < 1.29 is 9.21 Å². The van der Waals surface area contributed by atoms with Crippen molar-refractivity contribution in [2.24, 2.45) is 0 Å². The van der Waals surface area contributed by atoms with E-state index in [1.807, 2.05) is 37.3 Å². The van der Waals surface area contributed by atoms with E-state index in [4.69, 9.17) is 4.42 Å². The molecule has 106 valence electrons. The number of aromatic amines is 1. The van der Waals surface area contributed by atoms with Gasteiger partial charge in [0.2, 0.25) is 0 Å². The lowest BCUT2D eigenvalue weighted by atomic mass is 10.1. The van der Waals surface area contributed by atoms with Gasteiger partial charge in [0.25, 0.3) is 5.91 Å². The first-order valence-corrected chi connectivity index (χ1v) is 6.61. The Bertz CT molecular complexity index is 755. The molecule has 2 aromatic heterocycles. The normalized spacial score (nSPS) is 10.6. The third-order valence-electron chi connectivity index (χ3n) is 3.24. The summed E-state index contributed by atoms with van der Waals surface area (Å²) in [7, 11) is 0. The van der Waals surface area contributed by atoms with Crippen LogP contribution in [-0.2, 0) is 0 Å². The molecule has 0 aliphatic rings. The Morgan fingerprint density at radius 2 is 1.95 bits per heavy atom. The van der Waals surface area contributed by atoms with Crippen LogP contribution in [0.4, 0.5) is 5.69 Å². The number of anilines is 1. The minimum Gasteiger partial charge on any atom is -0.466 e. The molecular formula is C16H15N3O2. The largest absolute Gasteiger partial charge is 0.466 e. The van der Waals surface area contributed by atoms with Gasteiger partial charge in [0.05, 0.1) is 11.3 Å². The Labute approximate surface area is 122 Å². The fraction of sp³-hybridized carbons (Fsp3) is 0.125. The lowest BCUT2D eigenvalue weighted by Crippen LogP contribution is -2.11. The number of aromatic nitrogens is 2. The number of nitrogens with one attached hydrogen (secondary N) is 2. The Balaban J connectivity index is 1.76. The zero-order chi connectivity index (χ0) is 14.8. The van der Waals surface area contributed by atoms with Gasteiger partial charge in [-0.25, -0.2) is 0 Å². The molecule has 0 saturated heterocycles. The minimum absolute atomic E-state index is 0.168. The molecule has 1 amide bonds. The van der Waals surface area contributed by atoms with Crippen LogP contribution >= 0.6 is 0 Å². The van der Waals surface area contributed by atoms with Gasteiger partial charge in [0, 0.05) is 11.9 Å². The van der Waals surface area contributed by atoms with Crippen molar-refractivity contribution in [3.05, 3.63) is 59.7 Å². The highest BCUT2D eigenvalue weighted by Crippen LogP contribution is 2.20. The number of aryl methyl sites for hydroxylation is 2. The van der Waals surface area contributed by atoms with Crippen molar-refractivity contribution in [3.8, 4) is 11.3 Å². The SMILES string of the molecule is Cc1cc(C(=O)Nc2ccc(-c3ccn[nH]3)cc2)c(C)o1. The molecule has 0 aliphatic carbocycles. The Hall–Kier alpha value is -2.82. The van der Waals surface area contributed by atoms with E-state index in [0.29, 0.717) is 11.3 Å². The van der Waals surface area contributed by atoms with Gasteiger partial charge in [0.1, 0.15) is 11.5 Å². The van der Waals surface area contributed by atoms with E-state index in [9.17, 15) is 4.79 Å². The summed E-state index contributed by atoms with van der Waals surface area (Å²) in [5, 5.41) is 9.68. The summed E-state index contributed by atoms with van der Waals surface area (Å²) >= 11 is 0. The molecule has 21 heavy (non-hydrogen) atoms. The first-order chi connectivity index (χ1) is 10.1. The van der Waals surface area contributed by atoms with Crippen molar-refractivity contribution in [2.45, 2.75) is 13.8 Å². The molecule has 0 atom stereocenters. The molecule has 0 fully saturated rings. The van der Waals surface area contributed by atoms with Gasteiger partial charge >= 0.3 is 0 Å². The quantitative estimate of drug-likeness (QED) is 0.771. The summed E-state index contributed by atoms with van der Waals surface area (Å²) in [6, 6.07) is 11.2. The number of nitrogens with zero attached hydrogens (tertiary/aromatic N) is 1. The number of carbonyl (C=O) groups excluding carboxylic acids is 1.